The van der Waals surface area contributed by atoms with Crippen LogP contribution in [0.15, 0.2) is 47.6 Å². The summed E-state index contributed by atoms with van der Waals surface area (Å²) in [6.07, 6.45) is 0. The molecule has 0 saturated heterocycles. The largest absolute Gasteiger partial charge is 0.504 e. The number of hydrogen-bond acceptors (Lipinski definition) is 4. The Kier molecular flexibility index (Phi) is 4.78. The summed E-state index contributed by atoms with van der Waals surface area (Å²) in [5.74, 6) is 0.156. The molecule has 1 amide bonds. The lowest BCUT2D eigenvalue weighted by molar-refractivity contribution is 0.0954. The first kappa shape index (κ1) is 15.6. The lowest BCUT2D eigenvalue weighted by atomic mass is 10.1. The third-order valence-corrected chi connectivity index (χ3v) is 3.31. The normalized spacial score (nSPS) is 11.1. The van der Waals surface area contributed by atoms with E-state index in [9.17, 15) is 9.90 Å². The van der Waals surface area contributed by atoms with Gasteiger partial charge in [-0.25, -0.2) is 5.43 Å². The van der Waals surface area contributed by atoms with Gasteiger partial charge in [-0.3, -0.25) is 4.79 Å². The maximum Gasteiger partial charge on any atom is 0.271 e. The van der Waals surface area contributed by atoms with Crippen molar-refractivity contribution in [2.45, 2.75) is 13.8 Å². The number of phenols is 1. The smallest absolute Gasteiger partial charge is 0.271 e. The second kappa shape index (κ2) is 6.76. The summed E-state index contributed by atoms with van der Waals surface area (Å²) in [7, 11) is 1.48. The molecule has 0 fully saturated rings. The number of carbonyl (C=O) groups excluding carboxylic acids is 1. The van der Waals surface area contributed by atoms with Gasteiger partial charge in [0.15, 0.2) is 11.5 Å². The summed E-state index contributed by atoms with van der Waals surface area (Å²) in [5.41, 5.74) is 5.37. The van der Waals surface area contributed by atoms with Crippen LogP contribution in [0.3, 0.4) is 0 Å². The van der Waals surface area contributed by atoms with E-state index in [-0.39, 0.29) is 11.7 Å². The van der Waals surface area contributed by atoms with E-state index in [4.69, 9.17) is 4.74 Å². The van der Waals surface area contributed by atoms with Crippen molar-refractivity contribution in [3.63, 3.8) is 0 Å². The Morgan fingerprint density at radius 3 is 2.64 bits per heavy atom. The molecule has 0 heterocycles. The second-order valence-electron chi connectivity index (χ2n) is 4.84. The van der Waals surface area contributed by atoms with Crippen molar-refractivity contribution in [3.8, 4) is 11.5 Å². The van der Waals surface area contributed by atoms with Crippen LogP contribution >= 0.6 is 0 Å². The molecule has 0 atom stereocenters. The Labute approximate surface area is 129 Å². The van der Waals surface area contributed by atoms with Gasteiger partial charge >= 0.3 is 0 Å². The lowest BCUT2D eigenvalue weighted by Crippen LogP contribution is -2.20. The van der Waals surface area contributed by atoms with Gasteiger partial charge in [-0.15, -0.1) is 0 Å². The number of amides is 1. The number of hydrazone groups is 1. The van der Waals surface area contributed by atoms with E-state index >= 15 is 0 Å². The molecule has 0 spiro atoms. The molecule has 5 heteroatoms. The number of nitrogens with zero attached hydrogens (tertiary/aromatic N) is 1. The topological polar surface area (TPSA) is 70.9 Å². The summed E-state index contributed by atoms with van der Waals surface area (Å²) >= 11 is 0. The van der Waals surface area contributed by atoms with Crippen LogP contribution in [0, 0.1) is 6.92 Å². The monoisotopic (exact) mass is 298 g/mol. The minimum atomic E-state index is -0.261. The quantitative estimate of drug-likeness (QED) is 0.673. The molecule has 2 N–H and O–H groups in total. The van der Waals surface area contributed by atoms with Crippen LogP contribution in [-0.4, -0.2) is 23.8 Å². The van der Waals surface area contributed by atoms with Crippen molar-refractivity contribution < 1.29 is 14.6 Å². The number of aryl methyl sites for hydroxylation is 1. The van der Waals surface area contributed by atoms with Gasteiger partial charge in [0.2, 0.25) is 0 Å². The molecule has 22 heavy (non-hydrogen) atoms. The van der Waals surface area contributed by atoms with Gasteiger partial charge in [0.1, 0.15) is 0 Å². The average Bonchev–Trinajstić information content (AvgIpc) is 2.53. The zero-order valence-electron chi connectivity index (χ0n) is 12.8. The van der Waals surface area contributed by atoms with Crippen LogP contribution in [0.25, 0.3) is 0 Å². The standard InChI is InChI=1S/C17H18N2O3/c1-11-6-4-5-7-14(11)17(21)19-18-12(2)13-8-9-15(20)16(10-13)22-3/h4-10,20H,1-3H3,(H,19,21)/b18-12+. The molecule has 2 rings (SSSR count). The molecule has 0 bridgehead atoms. The van der Waals surface area contributed by atoms with Gasteiger partial charge in [0.25, 0.3) is 5.91 Å². The summed E-state index contributed by atoms with van der Waals surface area (Å²) in [5, 5.41) is 13.7. The molecule has 114 valence electrons. The SMILES string of the molecule is COc1cc(/C(C)=N/NC(=O)c2ccccc2C)ccc1O. The van der Waals surface area contributed by atoms with Crippen molar-refractivity contribution >= 4 is 11.6 Å². The zero-order chi connectivity index (χ0) is 16.1. The van der Waals surface area contributed by atoms with Gasteiger partial charge in [0.05, 0.1) is 12.8 Å². The number of carbonyl (C=O) groups is 1. The molecule has 0 radical (unpaired) electrons. The fraction of sp³-hybridized carbons (Fsp3) is 0.176. The predicted octanol–water partition coefficient (Wildman–Crippen LogP) is 2.86. The molecule has 0 aliphatic rings. The van der Waals surface area contributed by atoms with Crippen molar-refractivity contribution in [1.29, 1.82) is 0 Å². The molecular weight excluding hydrogens is 280 g/mol. The molecular formula is C17H18N2O3. The Hall–Kier alpha value is -2.82. The highest BCUT2D eigenvalue weighted by atomic mass is 16.5. The predicted molar refractivity (Wildman–Crippen MR) is 85.5 cm³/mol. The average molecular weight is 298 g/mol. The third-order valence-electron chi connectivity index (χ3n) is 3.31. The third kappa shape index (κ3) is 3.44. The summed E-state index contributed by atoms with van der Waals surface area (Å²) in [6.45, 7) is 3.64. The van der Waals surface area contributed by atoms with Crippen molar-refractivity contribution in [3.05, 3.63) is 59.2 Å². The maximum absolute atomic E-state index is 12.1. The highest BCUT2D eigenvalue weighted by Gasteiger charge is 2.08. The van der Waals surface area contributed by atoms with Crippen molar-refractivity contribution in [2.24, 2.45) is 5.10 Å². The van der Waals surface area contributed by atoms with Gasteiger partial charge in [-0.2, -0.15) is 5.10 Å². The second-order valence-corrected chi connectivity index (χ2v) is 4.84. The van der Waals surface area contributed by atoms with Gasteiger partial charge < -0.3 is 9.84 Å². The maximum atomic E-state index is 12.1. The minimum absolute atomic E-state index is 0.0583. The first-order valence-electron chi connectivity index (χ1n) is 6.80. The molecule has 0 saturated carbocycles. The summed E-state index contributed by atoms with van der Waals surface area (Å²) < 4.78 is 5.05. The van der Waals surface area contributed by atoms with Crippen LogP contribution in [0.5, 0.6) is 11.5 Å². The Morgan fingerprint density at radius 2 is 1.95 bits per heavy atom. The van der Waals surface area contributed by atoms with Gasteiger partial charge in [-0.05, 0) is 43.7 Å². The lowest BCUT2D eigenvalue weighted by Gasteiger charge is -2.07. The van der Waals surface area contributed by atoms with E-state index in [1.54, 1.807) is 25.1 Å². The molecule has 5 nitrogen and oxygen atoms in total. The fourth-order valence-electron chi connectivity index (χ4n) is 1.99. The fourth-order valence-corrected chi connectivity index (χ4v) is 1.99. The Morgan fingerprint density at radius 1 is 1.23 bits per heavy atom. The number of aromatic hydroxyl groups is 1. The highest BCUT2D eigenvalue weighted by molar-refractivity contribution is 6.01. The van der Waals surface area contributed by atoms with E-state index in [2.05, 4.69) is 10.5 Å². The molecule has 0 aromatic heterocycles. The molecule has 0 aliphatic heterocycles. The summed E-state index contributed by atoms with van der Waals surface area (Å²) in [4.78, 5) is 12.1. The van der Waals surface area contributed by atoms with E-state index in [1.165, 1.54) is 13.2 Å². The molecule has 0 aliphatic carbocycles. The van der Waals surface area contributed by atoms with Crippen LogP contribution in [0.1, 0.15) is 28.4 Å². The van der Waals surface area contributed by atoms with Crippen LogP contribution in [0.2, 0.25) is 0 Å². The zero-order valence-corrected chi connectivity index (χ0v) is 12.8. The summed E-state index contributed by atoms with van der Waals surface area (Å²) in [6, 6.07) is 12.2. The number of phenolic OH excluding ortho intramolecular Hbond substituents is 1. The molecule has 0 unspecified atom stereocenters. The van der Waals surface area contributed by atoms with Crippen molar-refractivity contribution in [1.82, 2.24) is 5.43 Å². The first-order chi connectivity index (χ1) is 10.5. The number of benzene rings is 2. The minimum Gasteiger partial charge on any atom is -0.504 e. The van der Waals surface area contributed by atoms with Crippen LogP contribution < -0.4 is 10.2 Å². The number of rotatable bonds is 4. The molecule has 2 aromatic rings. The van der Waals surface area contributed by atoms with Crippen LogP contribution in [-0.2, 0) is 0 Å². The van der Waals surface area contributed by atoms with E-state index in [1.807, 2.05) is 25.1 Å². The van der Waals surface area contributed by atoms with Crippen LogP contribution in [0.4, 0.5) is 0 Å². The number of methoxy groups -OCH3 is 1. The number of nitrogens with one attached hydrogen (secondary N) is 1. The highest BCUT2D eigenvalue weighted by Crippen LogP contribution is 2.26. The molecule has 2 aromatic carbocycles. The van der Waals surface area contributed by atoms with Crippen molar-refractivity contribution in [2.75, 3.05) is 7.11 Å². The van der Waals surface area contributed by atoms with Gasteiger partial charge in [-0.1, -0.05) is 18.2 Å². The number of hydrogen-bond donors (Lipinski definition) is 2. The Balaban J connectivity index is 2.16. The van der Waals surface area contributed by atoms with E-state index in [0.29, 0.717) is 17.0 Å². The Bertz CT molecular complexity index is 724. The van der Waals surface area contributed by atoms with Gasteiger partial charge in [0, 0.05) is 11.1 Å². The number of ether oxygens (including phenoxy) is 1. The first-order valence-corrected chi connectivity index (χ1v) is 6.80. The van der Waals surface area contributed by atoms with E-state index < -0.39 is 0 Å². The van der Waals surface area contributed by atoms with E-state index in [0.717, 1.165) is 11.1 Å².